The Morgan fingerprint density at radius 1 is 1.44 bits per heavy atom. The van der Waals surface area contributed by atoms with Crippen LogP contribution in [-0.4, -0.2) is 17.8 Å². The Balaban J connectivity index is 2.36. The predicted octanol–water partition coefficient (Wildman–Crippen LogP) is 2.92. The Bertz CT molecular complexity index is 437. The fraction of sp³-hybridized carbons (Fsp3) is 0.500. The van der Waals surface area contributed by atoms with Gasteiger partial charge in [0.2, 0.25) is 0 Å². The molecule has 2 N–H and O–H groups in total. The second-order valence-corrected chi connectivity index (χ2v) is 5.49. The Morgan fingerprint density at radius 3 is 2.89 bits per heavy atom. The van der Waals surface area contributed by atoms with Gasteiger partial charge in [-0.3, -0.25) is 0 Å². The van der Waals surface area contributed by atoms with Crippen LogP contribution in [0.4, 0.5) is 0 Å². The van der Waals surface area contributed by atoms with Gasteiger partial charge in [0.15, 0.2) is 0 Å². The van der Waals surface area contributed by atoms with Gasteiger partial charge in [-0.15, -0.1) is 0 Å². The van der Waals surface area contributed by atoms with Gasteiger partial charge in [0.05, 0.1) is 6.61 Å². The maximum Gasteiger partial charge on any atom is 0.0588 e. The summed E-state index contributed by atoms with van der Waals surface area (Å²) in [6.07, 6.45) is 5.36. The molecule has 98 valence electrons. The molecule has 0 spiro atoms. The largest absolute Gasteiger partial charge is 0.395 e. The highest BCUT2D eigenvalue weighted by molar-refractivity contribution is 5.57. The van der Waals surface area contributed by atoms with Crippen molar-refractivity contribution in [1.29, 1.82) is 0 Å². The highest BCUT2D eigenvalue weighted by Gasteiger charge is 2.23. The third kappa shape index (κ3) is 2.82. The summed E-state index contributed by atoms with van der Waals surface area (Å²) in [5.74, 6) is 0.564. The van der Waals surface area contributed by atoms with Gasteiger partial charge in [-0.2, -0.15) is 0 Å². The van der Waals surface area contributed by atoms with E-state index in [1.54, 1.807) is 0 Å². The van der Waals surface area contributed by atoms with E-state index in [-0.39, 0.29) is 12.6 Å². The average Bonchev–Trinajstić information content (AvgIpc) is 2.36. The topological polar surface area (TPSA) is 32.3 Å². The molecule has 1 aromatic carbocycles. The lowest BCUT2D eigenvalue weighted by atomic mass is 9.87. The maximum atomic E-state index is 9.36. The van der Waals surface area contributed by atoms with E-state index in [1.165, 1.54) is 16.7 Å². The number of aliphatic hydroxyl groups is 1. The summed E-state index contributed by atoms with van der Waals surface area (Å²) in [7, 11) is 0. The SMILES string of the molecule is CC(C)/C=C/c1cccc2c1C[C@H](CO)N[C@H]2C. The molecule has 2 rings (SSSR count). The summed E-state index contributed by atoms with van der Waals surface area (Å²) in [5.41, 5.74) is 4.05. The van der Waals surface area contributed by atoms with Crippen LogP contribution in [-0.2, 0) is 6.42 Å². The third-order valence-electron chi connectivity index (χ3n) is 3.53. The maximum absolute atomic E-state index is 9.36. The predicted molar refractivity (Wildman–Crippen MR) is 76.4 cm³/mol. The van der Waals surface area contributed by atoms with Gasteiger partial charge >= 0.3 is 0 Å². The summed E-state index contributed by atoms with van der Waals surface area (Å²) >= 11 is 0. The molecule has 0 fully saturated rings. The van der Waals surface area contributed by atoms with E-state index in [4.69, 9.17) is 0 Å². The molecule has 2 atom stereocenters. The Kier molecular flexibility index (Phi) is 4.20. The molecule has 1 aliphatic heterocycles. The molecule has 1 aromatic rings. The molecule has 0 bridgehead atoms. The van der Waals surface area contributed by atoms with Crippen LogP contribution < -0.4 is 5.32 Å². The second-order valence-electron chi connectivity index (χ2n) is 5.49. The van der Waals surface area contributed by atoms with Crippen molar-refractivity contribution in [2.75, 3.05) is 6.61 Å². The van der Waals surface area contributed by atoms with E-state index in [0.717, 1.165) is 6.42 Å². The molecule has 0 amide bonds. The Hall–Kier alpha value is -1.12. The highest BCUT2D eigenvalue weighted by atomic mass is 16.3. The Morgan fingerprint density at radius 2 is 2.22 bits per heavy atom. The second kappa shape index (κ2) is 5.68. The van der Waals surface area contributed by atoms with Crippen LogP contribution in [0.25, 0.3) is 6.08 Å². The number of aliphatic hydroxyl groups excluding tert-OH is 1. The van der Waals surface area contributed by atoms with Crippen molar-refractivity contribution in [3.8, 4) is 0 Å². The highest BCUT2D eigenvalue weighted by Crippen LogP contribution is 2.28. The number of rotatable bonds is 3. The van der Waals surface area contributed by atoms with Gasteiger partial charge < -0.3 is 10.4 Å². The number of fused-ring (bicyclic) bond motifs is 1. The zero-order valence-electron chi connectivity index (χ0n) is 11.5. The van der Waals surface area contributed by atoms with Crippen LogP contribution in [0.3, 0.4) is 0 Å². The first kappa shape index (κ1) is 13.3. The van der Waals surface area contributed by atoms with E-state index < -0.39 is 0 Å². The minimum atomic E-state index is 0.182. The molecule has 2 heteroatoms. The summed E-state index contributed by atoms with van der Waals surface area (Å²) < 4.78 is 0. The van der Waals surface area contributed by atoms with E-state index in [0.29, 0.717) is 12.0 Å². The zero-order valence-corrected chi connectivity index (χ0v) is 11.5. The van der Waals surface area contributed by atoms with E-state index in [1.807, 2.05) is 0 Å². The minimum absolute atomic E-state index is 0.182. The Labute approximate surface area is 110 Å². The van der Waals surface area contributed by atoms with Crippen molar-refractivity contribution in [1.82, 2.24) is 5.32 Å². The molecule has 0 aromatic heterocycles. The first-order chi connectivity index (χ1) is 8.61. The molecule has 0 saturated heterocycles. The van der Waals surface area contributed by atoms with Crippen molar-refractivity contribution in [3.63, 3.8) is 0 Å². The molecular formula is C16H23NO. The third-order valence-corrected chi connectivity index (χ3v) is 3.53. The normalized spacial score (nSPS) is 23.6. The van der Waals surface area contributed by atoms with Crippen LogP contribution in [0.1, 0.15) is 43.5 Å². The number of hydrogen-bond donors (Lipinski definition) is 2. The number of allylic oxidation sites excluding steroid dienone is 1. The molecule has 0 radical (unpaired) electrons. The van der Waals surface area contributed by atoms with Crippen molar-refractivity contribution in [2.24, 2.45) is 5.92 Å². The first-order valence-corrected chi connectivity index (χ1v) is 6.78. The van der Waals surface area contributed by atoms with Crippen LogP contribution in [0, 0.1) is 5.92 Å². The minimum Gasteiger partial charge on any atom is -0.395 e. The van der Waals surface area contributed by atoms with Crippen molar-refractivity contribution in [3.05, 3.63) is 41.0 Å². The molecule has 1 aliphatic rings. The van der Waals surface area contributed by atoms with Gasteiger partial charge in [0, 0.05) is 12.1 Å². The summed E-state index contributed by atoms with van der Waals surface area (Å²) in [4.78, 5) is 0. The van der Waals surface area contributed by atoms with Gasteiger partial charge in [-0.05, 0) is 36.0 Å². The van der Waals surface area contributed by atoms with Crippen LogP contribution in [0.2, 0.25) is 0 Å². The van der Waals surface area contributed by atoms with Gasteiger partial charge in [0.25, 0.3) is 0 Å². The fourth-order valence-corrected chi connectivity index (χ4v) is 2.58. The lowest BCUT2D eigenvalue weighted by Gasteiger charge is -2.31. The lowest BCUT2D eigenvalue weighted by Crippen LogP contribution is -2.41. The number of benzene rings is 1. The molecule has 2 nitrogen and oxygen atoms in total. The van der Waals surface area contributed by atoms with Gasteiger partial charge in [0.1, 0.15) is 0 Å². The fourth-order valence-electron chi connectivity index (χ4n) is 2.58. The molecule has 18 heavy (non-hydrogen) atoms. The standard InChI is InChI=1S/C16H23NO/c1-11(2)7-8-13-5-4-6-15-12(3)17-14(10-18)9-16(13)15/h4-8,11-12,14,17-18H,9-10H2,1-3H3/b8-7+/t12-,14+/m0/s1. The summed E-state index contributed by atoms with van der Waals surface area (Å²) in [5, 5.41) is 12.8. The average molecular weight is 245 g/mol. The molecule has 0 aliphatic carbocycles. The van der Waals surface area contributed by atoms with E-state index in [2.05, 4.69) is 56.4 Å². The summed E-state index contributed by atoms with van der Waals surface area (Å²) in [6.45, 7) is 6.74. The van der Waals surface area contributed by atoms with Crippen LogP contribution >= 0.6 is 0 Å². The molecular weight excluding hydrogens is 222 g/mol. The molecule has 1 heterocycles. The van der Waals surface area contributed by atoms with E-state index in [9.17, 15) is 5.11 Å². The molecule has 0 unspecified atom stereocenters. The number of hydrogen-bond acceptors (Lipinski definition) is 2. The summed E-state index contributed by atoms with van der Waals surface area (Å²) in [6, 6.07) is 6.98. The molecule has 0 saturated carbocycles. The van der Waals surface area contributed by atoms with Crippen molar-refractivity contribution < 1.29 is 5.11 Å². The van der Waals surface area contributed by atoms with Crippen molar-refractivity contribution >= 4 is 6.08 Å². The van der Waals surface area contributed by atoms with Crippen LogP contribution in [0.5, 0.6) is 0 Å². The monoisotopic (exact) mass is 245 g/mol. The zero-order chi connectivity index (χ0) is 13.1. The smallest absolute Gasteiger partial charge is 0.0588 e. The van der Waals surface area contributed by atoms with E-state index >= 15 is 0 Å². The number of nitrogens with one attached hydrogen (secondary N) is 1. The first-order valence-electron chi connectivity index (χ1n) is 6.78. The van der Waals surface area contributed by atoms with Crippen molar-refractivity contribution in [2.45, 2.75) is 39.3 Å². The lowest BCUT2D eigenvalue weighted by molar-refractivity contribution is 0.226. The quantitative estimate of drug-likeness (QED) is 0.858. The van der Waals surface area contributed by atoms with Gasteiger partial charge in [-0.25, -0.2) is 0 Å². The van der Waals surface area contributed by atoms with Gasteiger partial charge in [-0.1, -0.05) is 44.2 Å². The van der Waals surface area contributed by atoms with Crippen LogP contribution in [0.15, 0.2) is 24.3 Å².